The molecule has 0 saturated carbocycles. The van der Waals surface area contributed by atoms with E-state index in [0.29, 0.717) is 11.3 Å². The van der Waals surface area contributed by atoms with Crippen LogP contribution in [0.4, 0.5) is 8.78 Å². The molecular formula is C13H18ClF2NO3. The zero-order valence-corrected chi connectivity index (χ0v) is 12.3. The fraction of sp³-hybridized carbons (Fsp3) is 0.462. The molecule has 1 atom stereocenters. The average molecular weight is 310 g/mol. The van der Waals surface area contributed by atoms with Gasteiger partial charge in [0.15, 0.2) is 0 Å². The van der Waals surface area contributed by atoms with Crippen LogP contribution in [0.1, 0.15) is 24.1 Å². The molecule has 0 heterocycles. The maximum Gasteiger partial charge on any atom is 0.379 e. The van der Waals surface area contributed by atoms with Crippen LogP contribution < -0.4 is 10.5 Å². The summed E-state index contributed by atoms with van der Waals surface area (Å²) in [5.41, 5.74) is 6.28. The Balaban J connectivity index is 0.00000361. The van der Waals surface area contributed by atoms with Gasteiger partial charge >= 0.3 is 11.9 Å². The van der Waals surface area contributed by atoms with Crippen molar-refractivity contribution in [3.8, 4) is 5.75 Å². The van der Waals surface area contributed by atoms with Gasteiger partial charge in [0.1, 0.15) is 11.8 Å². The number of methoxy groups -OCH3 is 1. The molecule has 0 amide bonds. The Morgan fingerprint density at radius 2 is 2.05 bits per heavy atom. The summed E-state index contributed by atoms with van der Waals surface area (Å²) in [7, 11) is 1.48. The largest absolute Gasteiger partial charge is 0.496 e. The van der Waals surface area contributed by atoms with E-state index in [2.05, 4.69) is 4.74 Å². The lowest BCUT2D eigenvalue weighted by Crippen LogP contribution is -2.41. The summed E-state index contributed by atoms with van der Waals surface area (Å²) in [4.78, 5) is 11.2. The fourth-order valence-corrected chi connectivity index (χ4v) is 1.66. The second kappa shape index (κ2) is 7.40. The van der Waals surface area contributed by atoms with Crippen LogP contribution in [-0.4, -0.2) is 25.6 Å². The van der Waals surface area contributed by atoms with Crippen molar-refractivity contribution >= 4 is 18.4 Å². The molecule has 1 rings (SSSR count). The van der Waals surface area contributed by atoms with Gasteiger partial charge in [-0.3, -0.25) is 0 Å². The number of benzene rings is 1. The number of halogens is 3. The maximum absolute atomic E-state index is 13.8. The summed E-state index contributed by atoms with van der Waals surface area (Å²) in [5, 5.41) is 0. The molecule has 0 aromatic heterocycles. The number of nitrogens with two attached hydrogens (primary N) is 1. The van der Waals surface area contributed by atoms with Gasteiger partial charge in [-0.1, -0.05) is 12.1 Å². The number of carbonyl (C=O) groups is 1. The lowest BCUT2D eigenvalue weighted by molar-refractivity contribution is -0.174. The number of esters is 1. The van der Waals surface area contributed by atoms with Crippen molar-refractivity contribution in [3.05, 3.63) is 29.3 Å². The van der Waals surface area contributed by atoms with Crippen molar-refractivity contribution in [2.75, 3.05) is 13.7 Å². The zero-order valence-electron chi connectivity index (χ0n) is 11.5. The fourth-order valence-electron chi connectivity index (χ4n) is 1.66. The van der Waals surface area contributed by atoms with Gasteiger partial charge in [-0.15, -0.1) is 12.4 Å². The molecule has 0 radical (unpaired) electrons. The lowest BCUT2D eigenvalue weighted by Gasteiger charge is -2.22. The van der Waals surface area contributed by atoms with Gasteiger partial charge in [-0.05, 0) is 31.0 Å². The highest BCUT2D eigenvalue weighted by atomic mass is 35.5. The molecule has 1 aromatic carbocycles. The van der Waals surface area contributed by atoms with Gasteiger partial charge in [0.2, 0.25) is 0 Å². The van der Waals surface area contributed by atoms with E-state index in [0.717, 1.165) is 0 Å². The Bertz CT molecular complexity index is 469. The molecule has 0 aliphatic heterocycles. The molecule has 7 heteroatoms. The van der Waals surface area contributed by atoms with Gasteiger partial charge in [0.25, 0.3) is 0 Å². The summed E-state index contributed by atoms with van der Waals surface area (Å²) >= 11 is 0. The van der Waals surface area contributed by atoms with E-state index in [9.17, 15) is 13.6 Å². The number of alkyl halides is 2. The first-order valence-corrected chi connectivity index (χ1v) is 5.79. The Morgan fingerprint density at radius 1 is 1.45 bits per heavy atom. The summed E-state index contributed by atoms with van der Waals surface area (Å²) in [6.45, 7) is 3.04. The Morgan fingerprint density at radius 3 is 2.50 bits per heavy atom. The van der Waals surface area contributed by atoms with Gasteiger partial charge in [0, 0.05) is 0 Å². The van der Waals surface area contributed by atoms with Crippen molar-refractivity contribution < 1.29 is 23.0 Å². The number of hydrogen-bond donors (Lipinski definition) is 1. The van der Waals surface area contributed by atoms with Gasteiger partial charge in [-0.25, -0.2) is 4.79 Å². The van der Waals surface area contributed by atoms with Crippen molar-refractivity contribution in [3.63, 3.8) is 0 Å². The molecule has 4 nitrogen and oxygen atoms in total. The van der Waals surface area contributed by atoms with Crippen LogP contribution in [0.2, 0.25) is 0 Å². The molecule has 1 aromatic rings. The Kier molecular flexibility index (Phi) is 6.88. The van der Waals surface area contributed by atoms with Crippen LogP contribution >= 0.6 is 12.4 Å². The first-order chi connectivity index (χ1) is 8.84. The third kappa shape index (κ3) is 3.80. The van der Waals surface area contributed by atoms with Crippen LogP contribution in [0.5, 0.6) is 5.75 Å². The van der Waals surface area contributed by atoms with Crippen LogP contribution in [0.25, 0.3) is 0 Å². The molecule has 0 aliphatic rings. The van der Waals surface area contributed by atoms with Gasteiger partial charge in [-0.2, -0.15) is 8.78 Å². The van der Waals surface area contributed by atoms with Crippen molar-refractivity contribution in [1.29, 1.82) is 0 Å². The SMILES string of the molecule is CCOC(=O)C(F)(F)[C@H](N)c1ccc(OC)c(C)c1.Cl. The van der Waals surface area contributed by atoms with Crippen molar-refractivity contribution in [2.24, 2.45) is 5.73 Å². The monoisotopic (exact) mass is 309 g/mol. The lowest BCUT2D eigenvalue weighted by atomic mass is 9.99. The summed E-state index contributed by atoms with van der Waals surface area (Å²) in [6.07, 6.45) is 0. The van der Waals surface area contributed by atoms with E-state index in [4.69, 9.17) is 10.5 Å². The first kappa shape index (κ1) is 18.6. The van der Waals surface area contributed by atoms with E-state index in [-0.39, 0.29) is 24.6 Å². The number of hydrogen-bond acceptors (Lipinski definition) is 4. The molecule has 0 saturated heterocycles. The smallest absolute Gasteiger partial charge is 0.379 e. The van der Waals surface area contributed by atoms with Crippen molar-refractivity contribution in [1.82, 2.24) is 0 Å². The highest BCUT2D eigenvalue weighted by Crippen LogP contribution is 2.32. The molecule has 0 spiro atoms. The topological polar surface area (TPSA) is 61.5 Å². The highest BCUT2D eigenvalue weighted by molar-refractivity contribution is 5.85. The predicted octanol–water partition coefficient (Wildman–Crippen LogP) is 2.62. The number of ether oxygens (including phenoxy) is 2. The highest BCUT2D eigenvalue weighted by Gasteiger charge is 2.47. The van der Waals surface area contributed by atoms with Crippen molar-refractivity contribution in [2.45, 2.75) is 25.8 Å². The molecule has 0 fully saturated rings. The van der Waals surface area contributed by atoms with E-state index < -0.39 is 17.9 Å². The molecular weight excluding hydrogens is 292 g/mol. The molecule has 0 unspecified atom stereocenters. The van der Waals surface area contributed by atoms with Gasteiger partial charge < -0.3 is 15.2 Å². The number of aryl methyl sites for hydroxylation is 1. The third-order valence-electron chi connectivity index (χ3n) is 2.72. The second-order valence-electron chi connectivity index (χ2n) is 4.05. The van der Waals surface area contributed by atoms with Gasteiger partial charge in [0.05, 0.1) is 13.7 Å². The molecule has 2 N–H and O–H groups in total. The summed E-state index contributed by atoms with van der Waals surface area (Å²) in [6, 6.07) is 2.66. The Labute approximate surface area is 122 Å². The maximum atomic E-state index is 13.8. The quantitative estimate of drug-likeness (QED) is 0.849. The summed E-state index contributed by atoms with van der Waals surface area (Å²) < 4.78 is 36.9. The molecule has 114 valence electrons. The van der Waals surface area contributed by atoms with Crippen LogP contribution in [-0.2, 0) is 9.53 Å². The minimum atomic E-state index is -3.77. The predicted molar refractivity (Wildman–Crippen MR) is 73.5 cm³/mol. The summed E-state index contributed by atoms with van der Waals surface area (Å²) in [5.74, 6) is -4.82. The normalized spacial score (nSPS) is 12.3. The van der Waals surface area contributed by atoms with Crippen LogP contribution in [0.3, 0.4) is 0 Å². The molecule has 20 heavy (non-hydrogen) atoms. The van der Waals surface area contributed by atoms with E-state index in [1.807, 2.05) is 0 Å². The minimum Gasteiger partial charge on any atom is -0.496 e. The Hall–Kier alpha value is -1.40. The van der Waals surface area contributed by atoms with Crippen LogP contribution in [0, 0.1) is 6.92 Å². The van der Waals surface area contributed by atoms with E-state index in [1.165, 1.54) is 32.2 Å². The first-order valence-electron chi connectivity index (χ1n) is 5.79. The third-order valence-corrected chi connectivity index (χ3v) is 2.72. The average Bonchev–Trinajstić information content (AvgIpc) is 2.37. The molecule has 0 bridgehead atoms. The second-order valence-corrected chi connectivity index (χ2v) is 4.05. The number of carbonyl (C=O) groups excluding carboxylic acids is 1. The number of rotatable bonds is 5. The van der Waals surface area contributed by atoms with E-state index >= 15 is 0 Å². The molecule has 0 aliphatic carbocycles. The zero-order chi connectivity index (χ0) is 14.6. The van der Waals surface area contributed by atoms with Crippen LogP contribution in [0.15, 0.2) is 18.2 Å². The van der Waals surface area contributed by atoms with E-state index in [1.54, 1.807) is 6.92 Å². The minimum absolute atomic E-state index is 0. The standard InChI is InChI=1S/C13H17F2NO3.ClH/c1-4-19-12(17)13(14,15)11(16)9-5-6-10(18-3)8(2)7-9;/h5-7,11H,4,16H2,1-3H3;1H/t11-;/m1./s1.